The number of aliphatic hydroxyl groups is 1. The van der Waals surface area contributed by atoms with Crippen LogP contribution in [0.1, 0.15) is 31.7 Å². The van der Waals surface area contributed by atoms with E-state index in [1.165, 1.54) is 23.5 Å². The van der Waals surface area contributed by atoms with Crippen LogP contribution in [0.2, 0.25) is 0 Å². The molecule has 0 unspecified atom stereocenters. The Balaban J connectivity index is 2.97. The van der Waals surface area contributed by atoms with Gasteiger partial charge < -0.3 is 9.84 Å². The van der Waals surface area contributed by atoms with Crippen molar-refractivity contribution in [1.29, 1.82) is 0 Å². The van der Waals surface area contributed by atoms with E-state index in [-0.39, 0.29) is 11.5 Å². The van der Waals surface area contributed by atoms with E-state index in [4.69, 9.17) is 4.74 Å². The highest BCUT2D eigenvalue weighted by Gasteiger charge is 2.21. The molecule has 5 nitrogen and oxygen atoms in total. The highest BCUT2D eigenvalue weighted by atomic mass is 32.2. The monoisotopic (exact) mass is 301 g/mol. The second-order valence-electron chi connectivity index (χ2n) is 4.67. The van der Waals surface area contributed by atoms with E-state index in [0.717, 1.165) is 19.3 Å². The van der Waals surface area contributed by atoms with Gasteiger partial charge in [0.15, 0.2) is 0 Å². The lowest BCUT2D eigenvalue weighted by Crippen LogP contribution is -2.28. The molecule has 0 radical (unpaired) electrons. The van der Waals surface area contributed by atoms with Gasteiger partial charge in [0, 0.05) is 19.2 Å². The number of aliphatic hydroxyl groups excluding tert-OH is 1. The second-order valence-corrected chi connectivity index (χ2v) is 6.71. The van der Waals surface area contributed by atoms with Crippen LogP contribution in [-0.2, 0) is 16.6 Å². The molecule has 0 aromatic heterocycles. The molecule has 114 valence electrons. The van der Waals surface area contributed by atoms with Crippen molar-refractivity contribution in [1.82, 2.24) is 4.31 Å². The Morgan fingerprint density at radius 2 is 2.00 bits per heavy atom. The van der Waals surface area contributed by atoms with Gasteiger partial charge in [-0.3, -0.25) is 0 Å². The Morgan fingerprint density at radius 1 is 1.30 bits per heavy atom. The van der Waals surface area contributed by atoms with Crippen molar-refractivity contribution < 1.29 is 18.3 Å². The van der Waals surface area contributed by atoms with Crippen LogP contribution < -0.4 is 4.74 Å². The van der Waals surface area contributed by atoms with Crippen molar-refractivity contribution in [2.24, 2.45) is 0 Å². The minimum Gasteiger partial charge on any atom is -0.496 e. The number of hydrogen-bond acceptors (Lipinski definition) is 4. The molecule has 0 bridgehead atoms. The topological polar surface area (TPSA) is 66.8 Å². The fourth-order valence-electron chi connectivity index (χ4n) is 1.92. The van der Waals surface area contributed by atoms with Gasteiger partial charge in [-0.15, -0.1) is 0 Å². The third-order valence-corrected chi connectivity index (χ3v) is 5.06. The maximum absolute atomic E-state index is 12.4. The molecule has 0 amide bonds. The number of methoxy groups -OCH3 is 1. The fraction of sp³-hybridized carbons (Fsp3) is 0.571. The zero-order valence-electron chi connectivity index (χ0n) is 12.3. The maximum Gasteiger partial charge on any atom is 0.242 e. The van der Waals surface area contributed by atoms with Crippen LogP contribution in [0.15, 0.2) is 23.1 Å². The number of hydrogen-bond donors (Lipinski definition) is 1. The Bertz CT molecular complexity index is 528. The lowest BCUT2D eigenvalue weighted by atomic mass is 10.2. The van der Waals surface area contributed by atoms with Crippen LogP contribution in [0, 0.1) is 0 Å². The maximum atomic E-state index is 12.4. The first-order valence-corrected chi connectivity index (χ1v) is 8.15. The Kier molecular flexibility index (Phi) is 6.45. The fourth-order valence-corrected chi connectivity index (χ4v) is 3.18. The van der Waals surface area contributed by atoms with Gasteiger partial charge in [0.1, 0.15) is 5.75 Å². The zero-order valence-corrected chi connectivity index (χ0v) is 13.1. The molecule has 1 aromatic carbocycles. The number of rotatable bonds is 8. The van der Waals surface area contributed by atoms with E-state index in [1.54, 1.807) is 13.1 Å². The van der Waals surface area contributed by atoms with E-state index in [1.807, 2.05) is 0 Å². The van der Waals surface area contributed by atoms with E-state index in [2.05, 4.69) is 6.92 Å². The summed E-state index contributed by atoms with van der Waals surface area (Å²) in [5.41, 5.74) is 0.468. The van der Waals surface area contributed by atoms with Crippen molar-refractivity contribution >= 4 is 10.0 Å². The summed E-state index contributed by atoms with van der Waals surface area (Å²) in [7, 11) is -0.447. The highest BCUT2D eigenvalue weighted by molar-refractivity contribution is 7.89. The molecule has 0 saturated heterocycles. The second kappa shape index (κ2) is 7.61. The Hall–Kier alpha value is -1.11. The normalized spacial score (nSPS) is 11.8. The van der Waals surface area contributed by atoms with Crippen molar-refractivity contribution in [3.05, 3.63) is 23.8 Å². The molecule has 1 rings (SSSR count). The number of ether oxygens (including phenoxy) is 1. The van der Waals surface area contributed by atoms with Crippen LogP contribution in [0.5, 0.6) is 5.75 Å². The van der Waals surface area contributed by atoms with E-state index < -0.39 is 10.0 Å². The van der Waals surface area contributed by atoms with Crippen LogP contribution in [0.3, 0.4) is 0 Å². The molecule has 1 N–H and O–H groups in total. The van der Waals surface area contributed by atoms with Crippen LogP contribution >= 0.6 is 0 Å². The first-order valence-electron chi connectivity index (χ1n) is 6.71. The SMILES string of the molecule is CCCCCN(C)S(=O)(=O)c1ccc(OC)c(CO)c1. The number of sulfonamides is 1. The summed E-state index contributed by atoms with van der Waals surface area (Å²) in [5, 5.41) is 9.26. The summed E-state index contributed by atoms with van der Waals surface area (Å²) in [4.78, 5) is 0.182. The van der Waals surface area contributed by atoms with Gasteiger partial charge in [0.25, 0.3) is 0 Å². The first kappa shape index (κ1) is 16.9. The quantitative estimate of drug-likeness (QED) is 0.746. The van der Waals surface area contributed by atoms with Gasteiger partial charge in [0.05, 0.1) is 18.6 Å². The predicted octanol–water partition coefficient (Wildman–Crippen LogP) is 2.00. The largest absolute Gasteiger partial charge is 0.496 e. The summed E-state index contributed by atoms with van der Waals surface area (Å²) in [5.74, 6) is 0.486. The lowest BCUT2D eigenvalue weighted by Gasteiger charge is -2.18. The predicted molar refractivity (Wildman–Crippen MR) is 78.3 cm³/mol. The van der Waals surface area contributed by atoms with E-state index in [0.29, 0.717) is 17.9 Å². The molecule has 0 saturated carbocycles. The third kappa shape index (κ3) is 3.94. The Morgan fingerprint density at radius 3 is 2.55 bits per heavy atom. The van der Waals surface area contributed by atoms with E-state index in [9.17, 15) is 13.5 Å². The molecule has 0 heterocycles. The molecule has 0 aliphatic carbocycles. The van der Waals surface area contributed by atoms with Crippen molar-refractivity contribution in [3.63, 3.8) is 0 Å². The summed E-state index contributed by atoms with van der Waals surface area (Å²) < 4.78 is 31.2. The van der Waals surface area contributed by atoms with Gasteiger partial charge >= 0.3 is 0 Å². The molecule has 0 atom stereocenters. The van der Waals surface area contributed by atoms with Gasteiger partial charge in [-0.2, -0.15) is 0 Å². The summed E-state index contributed by atoms with van der Waals surface area (Å²) in [6.45, 7) is 2.31. The molecule has 6 heteroatoms. The van der Waals surface area contributed by atoms with Gasteiger partial charge in [-0.25, -0.2) is 12.7 Å². The van der Waals surface area contributed by atoms with Gasteiger partial charge in [0.2, 0.25) is 10.0 Å². The molecule has 0 aliphatic heterocycles. The van der Waals surface area contributed by atoms with Crippen molar-refractivity contribution in [3.8, 4) is 5.75 Å². The molecule has 1 aromatic rings. The molecule has 0 aliphatic rings. The molecular formula is C14H23NO4S. The zero-order chi connectivity index (χ0) is 15.2. The summed E-state index contributed by atoms with van der Waals surface area (Å²) >= 11 is 0. The van der Waals surface area contributed by atoms with Gasteiger partial charge in [-0.1, -0.05) is 19.8 Å². The average molecular weight is 301 g/mol. The average Bonchev–Trinajstić information content (AvgIpc) is 2.46. The smallest absolute Gasteiger partial charge is 0.242 e. The molecule has 0 fully saturated rings. The highest BCUT2D eigenvalue weighted by Crippen LogP contribution is 2.24. The summed E-state index contributed by atoms with van der Waals surface area (Å²) in [6, 6.07) is 4.53. The van der Waals surface area contributed by atoms with Crippen LogP contribution in [-0.4, -0.2) is 38.5 Å². The summed E-state index contributed by atoms with van der Waals surface area (Å²) in [6.07, 6.45) is 2.89. The van der Waals surface area contributed by atoms with Crippen molar-refractivity contribution in [2.45, 2.75) is 37.7 Å². The molecule has 20 heavy (non-hydrogen) atoms. The van der Waals surface area contributed by atoms with Crippen LogP contribution in [0.25, 0.3) is 0 Å². The van der Waals surface area contributed by atoms with E-state index >= 15 is 0 Å². The van der Waals surface area contributed by atoms with Gasteiger partial charge in [-0.05, 0) is 24.6 Å². The molecular weight excluding hydrogens is 278 g/mol. The van der Waals surface area contributed by atoms with Crippen molar-refractivity contribution in [2.75, 3.05) is 20.7 Å². The minimum absolute atomic E-state index is 0.182. The third-order valence-electron chi connectivity index (χ3n) is 3.21. The molecule has 0 spiro atoms. The number of benzene rings is 1. The number of nitrogens with zero attached hydrogens (tertiary/aromatic N) is 1. The minimum atomic E-state index is -3.51. The number of unbranched alkanes of at least 4 members (excludes halogenated alkanes) is 2. The first-order chi connectivity index (χ1) is 9.47. The standard InChI is InChI=1S/C14H23NO4S/c1-4-5-6-9-15(2)20(17,18)13-7-8-14(19-3)12(10-13)11-16/h7-8,10,16H,4-6,9,11H2,1-3H3. The lowest BCUT2D eigenvalue weighted by molar-refractivity contribution is 0.273. The Labute approximate surface area is 121 Å². The van der Waals surface area contributed by atoms with Crippen LogP contribution in [0.4, 0.5) is 0 Å².